The van der Waals surface area contributed by atoms with Crippen molar-refractivity contribution in [2.24, 2.45) is 0 Å². The Bertz CT molecular complexity index is 352. The second-order valence-electron chi connectivity index (χ2n) is 2.91. The summed E-state index contributed by atoms with van der Waals surface area (Å²) in [5, 5.41) is 3.10. The standard InChI is InChI=1S/C10H10ClFIN/c1-7(5-11)6-14-9-4-2-3-8(12)10(9)13/h2-5,14H,6H2,1H3/b7-5-. The van der Waals surface area contributed by atoms with E-state index in [1.165, 1.54) is 11.6 Å². The molecular weight excluding hydrogens is 315 g/mol. The quantitative estimate of drug-likeness (QED) is 0.829. The summed E-state index contributed by atoms with van der Waals surface area (Å²) in [6, 6.07) is 4.96. The number of benzene rings is 1. The van der Waals surface area contributed by atoms with Gasteiger partial charge < -0.3 is 5.32 Å². The first-order valence-electron chi connectivity index (χ1n) is 4.09. The zero-order chi connectivity index (χ0) is 10.6. The molecule has 0 saturated carbocycles. The van der Waals surface area contributed by atoms with Crippen molar-refractivity contribution in [1.82, 2.24) is 0 Å². The van der Waals surface area contributed by atoms with Gasteiger partial charge in [-0.25, -0.2) is 4.39 Å². The smallest absolute Gasteiger partial charge is 0.138 e. The zero-order valence-electron chi connectivity index (χ0n) is 7.65. The van der Waals surface area contributed by atoms with E-state index in [0.29, 0.717) is 10.1 Å². The van der Waals surface area contributed by atoms with Crippen molar-refractivity contribution >= 4 is 39.9 Å². The topological polar surface area (TPSA) is 12.0 Å². The van der Waals surface area contributed by atoms with Gasteiger partial charge in [-0.3, -0.25) is 0 Å². The molecule has 0 aliphatic rings. The fourth-order valence-electron chi connectivity index (χ4n) is 0.914. The molecule has 0 aliphatic carbocycles. The lowest BCUT2D eigenvalue weighted by molar-refractivity contribution is 0.621. The molecule has 1 rings (SSSR count). The Labute approximate surface area is 101 Å². The third kappa shape index (κ3) is 3.13. The number of anilines is 1. The van der Waals surface area contributed by atoms with Crippen molar-refractivity contribution in [3.05, 3.63) is 38.7 Å². The van der Waals surface area contributed by atoms with E-state index in [1.54, 1.807) is 6.07 Å². The summed E-state index contributed by atoms with van der Waals surface area (Å²) in [5.41, 5.74) is 3.31. The summed E-state index contributed by atoms with van der Waals surface area (Å²) in [7, 11) is 0. The molecule has 76 valence electrons. The van der Waals surface area contributed by atoms with Gasteiger partial charge in [-0.2, -0.15) is 0 Å². The molecule has 4 heteroatoms. The summed E-state index contributed by atoms with van der Waals surface area (Å²) in [6.45, 7) is 2.54. The minimum absolute atomic E-state index is 0.205. The normalized spacial score (nSPS) is 11.6. The molecule has 0 atom stereocenters. The monoisotopic (exact) mass is 325 g/mol. The second-order valence-corrected chi connectivity index (χ2v) is 4.21. The Morgan fingerprint density at radius 2 is 2.36 bits per heavy atom. The minimum Gasteiger partial charge on any atom is -0.380 e. The van der Waals surface area contributed by atoms with Crippen LogP contribution in [0.2, 0.25) is 0 Å². The largest absolute Gasteiger partial charge is 0.380 e. The molecule has 0 bridgehead atoms. The predicted octanol–water partition coefficient (Wildman–Crippen LogP) is 3.98. The van der Waals surface area contributed by atoms with Gasteiger partial charge in [0.1, 0.15) is 5.82 Å². The Kier molecular flexibility index (Phi) is 4.68. The third-order valence-corrected chi connectivity index (χ3v) is 3.16. The van der Waals surface area contributed by atoms with Crippen LogP contribution in [0.1, 0.15) is 6.92 Å². The van der Waals surface area contributed by atoms with Crippen LogP contribution in [-0.2, 0) is 0 Å². The van der Waals surface area contributed by atoms with Gasteiger partial charge in [-0.1, -0.05) is 17.7 Å². The Morgan fingerprint density at radius 3 is 3.00 bits per heavy atom. The summed E-state index contributed by atoms with van der Waals surface area (Å²) >= 11 is 7.49. The van der Waals surface area contributed by atoms with Crippen LogP contribution in [0.25, 0.3) is 0 Å². The molecule has 1 N–H and O–H groups in total. The molecule has 0 unspecified atom stereocenters. The van der Waals surface area contributed by atoms with E-state index in [1.807, 2.05) is 35.6 Å². The molecule has 0 radical (unpaired) electrons. The lowest BCUT2D eigenvalue weighted by Gasteiger charge is -2.08. The molecule has 1 nitrogen and oxygen atoms in total. The van der Waals surface area contributed by atoms with Crippen molar-refractivity contribution in [2.75, 3.05) is 11.9 Å². The van der Waals surface area contributed by atoms with Crippen LogP contribution in [0.5, 0.6) is 0 Å². The molecule has 0 spiro atoms. The SMILES string of the molecule is C/C(=C/Cl)CNc1cccc(F)c1I. The molecule has 0 amide bonds. The predicted molar refractivity (Wildman–Crippen MR) is 67.2 cm³/mol. The average molecular weight is 326 g/mol. The fraction of sp³-hybridized carbons (Fsp3) is 0.200. The summed E-state index contributed by atoms with van der Waals surface area (Å²) in [4.78, 5) is 0. The first-order valence-corrected chi connectivity index (χ1v) is 5.60. The maximum atomic E-state index is 13.1. The minimum atomic E-state index is -0.205. The van der Waals surface area contributed by atoms with E-state index in [4.69, 9.17) is 11.6 Å². The zero-order valence-corrected chi connectivity index (χ0v) is 10.6. The van der Waals surface area contributed by atoms with Crippen molar-refractivity contribution in [3.8, 4) is 0 Å². The maximum absolute atomic E-state index is 13.1. The molecule has 1 aromatic carbocycles. The molecule has 1 aromatic rings. The van der Waals surface area contributed by atoms with Crippen LogP contribution >= 0.6 is 34.2 Å². The average Bonchev–Trinajstić information content (AvgIpc) is 2.20. The Morgan fingerprint density at radius 1 is 1.64 bits per heavy atom. The highest BCUT2D eigenvalue weighted by Crippen LogP contribution is 2.20. The Hall–Kier alpha value is -0.290. The fourth-order valence-corrected chi connectivity index (χ4v) is 1.54. The van der Waals surface area contributed by atoms with E-state index in [2.05, 4.69) is 5.32 Å². The maximum Gasteiger partial charge on any atom is 0.138 e. The number of nitrogens with one attached hydrogen (secondary N) is 1. The molecule has 0 aliphatic heterocycles. The number of hydrogen-bond acceptors (Lipinski definition) is 1. The number of hydrogen-bond donors (Lipinski definition) is 1. The summed E-state index contributed by atoms with van der Waals surface area (Å²) < 4.78 is 13.7. The van der Waals surface area contributed by atoms with Crippen LogP contribution in [-0.4, -0.2) is 6.54 Å². The Balaban J connectivity index is 2.73. The molecule has 0 fully saturated rings. The van der Waals surface area contributed by atoms with Gasteiger partial charge in [0.05, 0.1) is 9.26 Å². The van der Waals surface area contributed by atoms with E-state index in [-0.39, 0.29) is 5.82 Å². The van der Waals surface area contributed by atoms with Crippen LogP contribution in [0.3, 0.4) is 0 Å². The molecule has 0 heterocycles. The second kappa shape index (κ2) is 5.56. The molecule has 14 heavy (non-hydrogen) atoms. The summed E-state index contributed by atoms with van der Waals surface area (Å²) in [6.07, 6.45) is 0. The lowest BCUT2D eigenvalue weighted by atomic mass is 10.3. The van der Waals surface area contributed by atoms with E-state index >= 15 is 0 Å². The van der Waals surface area contributed by atoms with Crippen molar-refractivity contribution in [3.63, 3.8) is 0 Å². The van der Waals surface area contributed by atoms with Gasteiger partial charge in [0.25, 0.3) is 0 Å². The van der Waals surface area contributed by atoms with Gasteiger partial charge in [0.15, 0.2) is 0 Å². The van der Waals surface area contributed by atoms with E-state index in [9.17, 15) is 4.39 Å². The van der Waals surface area contributed by atoms with Crippen LogP contribution in [0, 0.1) is 9.39 Å². The van der Waals surface area contributed by atoms with E-state index < -0.39 is 0 Å². The van der Waals surface area contributed by atoms with Crippen molar-refractivity contribution in [2.45, 2.75) is 6.92 Å². The number of halogens is 3. The third-order valence-electron chi connectivity index (χ3n) is 1.70. The molecule has 0 aromatic heterocycles. The first-order chi connectivity index (χ1) is 6.65. The van der Waals surface area contributed by atoms with Crippen LogP contribution < -0.4 is 5.32 Å². The van der Waals surface area contributed by atoms with Gasteiger partial charge in [0.2, 0.25) is 0 Å². The summed E-state index contributed by atoms with van der Waals surface area (Å²) in [5.74, 6) is -0.205. The van der Waals surface area contributed by atoms with Gasteiger partial charge in [0, 0.05) is 12.1 Å². The highest BCUT2D eigenvalue weighted by molar-refractivity contribution is 14.1. The highest BCUT2D eigenvalue weighted by Gasteiger charge is 2.03. The first kappa shape index (κ1) is 11.8. The lowest BCUT2D eigenvalue weighted by Crippen LogP contribution is -2.04. The highest BCUT2D eigenvalue weighted by atomic mass is 127. The van der Waals surface area contributed by atoms with Crippen LogP contribution in [0.4, 0.5) is 10.1 Å². The van der Waals surface area contributed by atoms with Gasteiger partial charge >= 0.3 is 0 Å². The van der Waals surface area contributed by atoms with E-state index in [0.717, 1.165) is 11.3 Å². The van der Waals surface area contributed by atoms with Crippen LogP contribution in [0.15, 0.2) is 29.3 Å². The molecular formula is C10H10ClFIN. The van der Waals surface area contributed by atoms with Gasteiger partial charge in [-0.15, -0.1) is 0 Å². The molecule has 0 saturated heterocycles. The van der Waals surface area contributed by atoms with Crippen molar-refractivity contribution in [1.29, 1.82) is 0 Å². The van der Waals surface area contributed by atoms with Crippen molar-refractivity contribution < 1.29 is 4.39 Å². The number of rotatable bonds is 3. The van der Waals surface area contributed by atoms with Gasteiger partial charge in [-0.05, 0) is 47.2 Å².